The summed E-state index contributed by atoms with van der Waals surface area (Å²) in [4.78, 5) is 23.1. The first-order valence-corrected chi connectivity index (χ1v) is 10.2. The van der Waals surface area contributed by atoms with Gasteiger partial charge in [-0.1, -0.05) is 17.7 Å². The highest BCUT2D eigenvalue weighted by molar-refractivity contribution is 7.92. The minimum Gasteiger partial charge on any atom is -0.478 e. The number of carbonyl (C=O) groups is 2. The lowest BCUT2D eigenvalue weighted by atomic mass is 10.1. The molecule has 0 bridgehead atoms. The zero-order chi connectivity index (χ0) is 21.9. The lowest BCUT2D eigenvalue weighted by Crippen LogP contribution is -2.15. The van der Waals surface area contributed by atoms with E-state index < -0.39 is 27.7 Å². The van der Waals surface area contributed by atoms with Crippen LogP contribution in [-0.4, -0.2) is 25.4 Å². The molecule has 0 heterocycles. The normalized spacial score (nSPS) is 11.0. The minimum atomic E-state index is -4.13. The monoisotopic (exact) mass is 448 g/mol. The second-order valence-electron chi connectivity index (χ2n) is 6.09. The summed E-state index contributed by atoms with van der Waals surface area (Å²) in [5.74, 6) is -2.38. The first kappa shape index (κ1) is 21.3. The molecule has 0 radical (unpaired) electrons. The number of hydrogen-bond acceptors (Lipinski definition) is 4. The van der Waals surface area contributed by atoms with Crippen molar-refractivity contribution in [3.63, 3.8) is 0 Å². The summed E-state index contributed by atoms with van der Waals surface area (Å²) < 4.78 is 40.6. The smallest absolute Gasteiger partial charge is 0.335 e. The zero-order valence-electron chi connectivity index (χ0n) is 15.1. The standard InChI is InChI=1S/C20H14ClFN2O5S/c21-17-9-6-13(19(25)23-15-7-4-12(5-8-15)20(26)27)10-18(17)24-30(28,29)16-3-1-2-14(22)11-16/h1-11,24H,(H,23,25)(H,26,27). The van der Waals surface area contributed by atoms with E-state index in [9.17, 15) is 22.4 Å². The molecule has 3 N–H and O–H groups in total. The fourth-order valence-corrected chi connectivity index (χ4v) is 3.80. The molecular formula is C20H14ClFN2O5S. The van der Waals surface area contributed by atoms with Crippen molar-refractivity contribution in [2.45, 2.75) is 4.90 Å². The fourth-order valence-electron chi connectivity index (χ4n) is 2.48. The largest absolute Gasteiger partial charge is 0.478 e. The number of carboxylic acids is 1. The average Bonchev–Trinajstić information content (AvgIpc) is 2.70. The van der Waals surface area contributed by atoms with Gasteiger partial charge in [0.25, 0.3) is 15.9 Å². The maximum atomic E-state index is 13.4. The Morgan fingerprint density at radius 2 is 1.60 bits per heavy atom. The highest BCUT2D eigenvalue weighted by Crippen LogP contribution is 2.26. The minimum absolute atomic E-state index is 0.0392. The predicted molar refractivity (Wildman–Crippen MR) is 110 cm³/mol. The van der Waals surface area contributed by atoms with Gasteiger partial charge in [0.2, 0.25) is 0 Å². The van der Waals surface area contributed by atoms with Gasteiger partial charge in [-0.2, -0.15) is 0 Å². The topological polar surface area (TPSA) is 113 Å². The van der Waals surface area contributed by atoms with Gasteiger partial charge in [-0.05, 0) is 60.7 Å². The Bertz CT molecular complexity index is 1230. The quantitative estimate of drug-likeness (QED) is 0.522. The lowest BCUT2D eigenvalue weighted by Gasteiger charge is -2.12. The van der Waals surface area contributed by atoms with Crippen LogP contribution < -0.4 is 10.0 Å². The molecule has 3 aromatic carbocycles. The summed E-state index contributed by atoms with van der Waals surface area (Å²) in [5, 5.41) is 11.5. The summed E-state index contributed by atoms with van der Waals surface area (Å²) >= 11 is 6.04. The molecule has 3 rings (SSSR count). The number of amides is 1. The third-order valence-corrected chi connectivity index (χ3v) is 5.66. The molecule has 1 amide bonds. The van der Waals surface area contributed by atoms with E-state index in [2.05, 4.69) is 10.0 Å². The van der Waals surface area contributed by atoms with Crippen molar-refractivity contribution in [3.05, 3.63) is 88.7 Å². The third kappa shape index (κ3) is 4.94. The molecule has 0 saturated carbocycles. The van der Waals surface area contributed by atoms with Crippen LogP contribution in [-0.2, 0) is 10.0 Å². The second-order valence-corrected chi connectivity index (χ2v) is 8.18. The van der Waals surface area contributed by atoms with Crippen molar-refractivity contribution >= 4 is 44.9 Å². The van der Waals surface area contributed by atoms with Crippen molar-refractivity contribution in [2.75, 3.05) is 10.0 Å². The van der Waals surface area contributed by atoms with Crippen LogP contribution in [0.5, 0.6) is 0 Å². The molecule has 30 heavy (non-hydrogen) atoms. The molecule has 0 fully saturated rings. The maximum absolute atomic E-state index is 13.4. The van der Waals surface area contributed by atoms with Crippen molar-refractivity contribution in [2.24, 2.45) is 0 Å². The molecule has 154 valence electrons. The van der Waals surface area contributed by atoms with Gasteiger partial charge in [0, 0.05) is 11.3 Å². The van der Waals surface area contributed by atoms with Crippen LogP contribution in [0.1, 0.15) is 20.7 Å². The Kier molecular flexibility index (Phi) is 6.04. The highest BCUT2D eigenvalue weighted by Gasteiger charge is 2.18. The fraction of sp³-hybridized carbons (Fsp3) is 0. The molecule has 0 spiro atoms. The van der Waals surface area contributed by atoms with E-state index in [0.717, 1.165) is 12.1 Å². The summed E-state index contributed by atoms with van der Waals surface area (Å²) in [5.41, 5.74) is 0.448. The van der Waals surface area contributed by atoms with Gasteiger partial charge in [0.05, 0.1) is 21.2 Å². The van der Waals surface area contributed by atoms with Crippen LogP contribution in [0.15, 0.2) is 71.6 Å². The van der Waals surface area contributed by atoms with Crippen LogP contribution in [0.3, 0.4) is 0 Å². The Morgan fingerprint density at radius 1 is 0.933 bits per heavy atom. The zero-order valence-corrected chi connectivity index (χ0v) is 16.7. The van der Waals surface area contributed by atoms with Crippen LogP contribution in [0.25, 0.3) is 0 Å². The van der Waals surface area contributed by atoms with Crippen molar-refractivity contribution in [1.82, 2.24) is 0 Å². The number of aromatic carboxylic acids is 1. The molecule has 0 aliphatic rings. The van der Waals surface area contributed by atoms with Crippen LogP contribution in [0.4, 0.5) is 15.8 Å². The van der Waals surface area contributed by atoms with E-state index in [1.165, 1.54) is 54.6 Å². The number of nitrogens with one attached hydrogen (secondary N) is 2. The van der Waals surface area contributed by atoms with E-state index in [1.54, 1.807) is 0 Å². The van der Waals surface area contributed by atoms with Gasteiger partial charge < -0.3 is 10.4 Å². The number of carbonyl (C=O) groups excluding carboxylic acids is 1. The number of anilines is 2. The second kappa shape index (κ2) is 8.52. The molecule has 3 aromatic rings. The predicted octanol–water partition coefficient (Wildman–Crippen LogP) is 4.23. The Balaban J connectivity index is 1.82. The summed E-state index contributed by atoms with van der Waals surface area (Å²) in [7, 11) is -4.13. The molecule has 0 saturated heterocycles. The highest BCUT2D eigenvalue weighted by atomic mass is 35.5. The number of halogens is 2. The molecule has 7 nitrogen and oxygen atoms in total. The molecule has 0 aliphatic heterocycles. The molecule has 0 aliphatic carbocycles. The number of hydrogen-bond donors (Lipinski definition) is 3. The van der Waals surface area contributed by atoms with Crippen LogP contribution >= 0.6 is 11.6 Å². The molecule has 0 aromatic heterocycles. The summed E-state index contributed by atoms with van der Waals surface area (Å²) in [6, 6.07) is 13.9. The number of sulfonamides is 1. The van der Waals surface area contributed by atoms with Gasteiger partial charge in [0.1, 0.15) is 5.82 Å². The Labute approximate surface area is 176 Å². The molecule has 0 unspecified atom stereocenters. The van der Waals surface area contributed by atoms with E-state index >= 15 is 0 Å². The van der Waals surface area contributed by atoms with E-state index in [4.69, 9.17) is 16.7 Å². The van der Waals surface area contributed by atoms with E-state index in [0.29, 0.717) is 5.69 Å². The Morgan fingerprint density at radius 3 is 2.23 bits per heavy atom. The number of benzene rings is 3. The van der Waals surface area contributed by atoms with Gasteiger partial charge >= 0.3 is 5.97 Å². The molecule has 0 atom stereocenters. The molecule has 10 heteroatoms. The number of carboxylic acid groups (broad SMARTS) is 1. The van der Waals surface area contributed by atoms with Crippen molar-refractivity contribution < 1.29 is 27.5 Å². The van der Waals surface area contributed by atoms with E-state index in [1.807, 2.05) is 0 Å². The first-order chi connectivity index (χ1) is 14.2. The summed E-state index contributed by atoms with van der Waals surface area (Å²) in [6.45, 7) is 0. The molecular weight excluding hydrogens is 435 g/mol. The number of rotatable bonds is 6. The first-order valence-electron chi connectivity index (χ1n) is 8.38. The third-order valence-electron chi connectivity index (χ3n) is 3.97. The van der Waals surface area contributed by atoms with Crippen molar-refractivity contribution in [3.8, 4) is 0 Å². The van der Waals surface area contributed by atoms with Crippen LogP contribution in [0, 0.1) is 5.82 Å². The van der Waals surface area contributed by atoms with Gasteiger partial charge in [0.15, 0.2) is 0 Å². The Hall–Kier alpha value is -3.43. The summed E-state index contributed by atoms with van der Waals surface area (Å²) in [6.07, 6.45) is 0. The van der Waals surface area contributed by atoms with E-state index in [-0.39, 0.29) is 26.7 Å². The van der Waals surface area contributed by atoms with Gasteiger partial charge in [-0.15, -0.1) is 0 Å². The SMILES string of the molecule is O=C(O)c1ccc(NC(=O)c2ccc(Cl)c(NS(=O)(=O)c3cccc(F)c3)c2)cc1. The van der Waals surface area contributed by atoms with Gasteiger partial charge in [-0.25, -0.2) is 17.6 Å². The van der Waals surface area contributed by atoms with Gasteiger partial charge in [-0.3, -0.25) is 9.52 Å². The lowest BCUT2D eigenvalue weighted by molar-refractivity contribution is 0.0696. The average molecular weight is 449 g/mol. The maximum Gasteiger partial charge on any atom is 0.335 e. The van der Waals surface area contributed by atoms with Crippen molar-refractivity contribution in [1.29, 1.82) is 0 Å². The van der Waals surface area contributed by atoms with Crippen LogP contribution in [0.2, 0.25) is 5.02 Å².